The van der Waals surface area contributed by atoms with Crippen LogP contribution in [0.2, 0.25) is 0 Å². The van der Waals surface area contributed by atoms with Crippen molar-refractivity contribution in [3.8, 4) is 0 Å². The molecule has 0 bridgehead atoms. The Labute approximate surface area is 101 Å². The molecule has 1 aliphatic carbocycles. The van der Waals surface area contributed by atoms with Crippen molar-refractivity contribution in [2.24, 2.45) is 11.3 Å². The molecule has 2 N–H and O–H groups in total. The van der Waals surface area contributed by atoms with Gasteiger partial charge in [0.05, 0.1) is 11.5 Å². The molecule has 0 spiro atoms. The maximum atomic E-state index is 11.8. The van der Waals surface area contributed by atoms with E-state index in [0.29, 0.717) is 12.5 Å². The fourth-order valence-corrected chi connectivity index (χ4v) is 1.93. The molecule has 1 amide bonds. The Morgan fingerprint density at radius 1 is 1.35 bits per heavy atom. The first-order chi connectivity index (χ1) is 7.72. The van der Waals surface area contributed by atoms with E-state index in [9.17, 15) is 9.59 Å². The monoisotopic (exact) mass is 243 g/mol. The van der Waals surface area contributed by atoms with Gasteiger partial charge in [-0.15, -0.1) is 0 Å². The number of aliphatic hydroxyl groups is 1. The second kappa shape index (κ2) is 5.04. The second-order valence-corrected chi connectivity index (χ2v) is 5.63. The Morgan fingerprint density at radius 2 is 1.88 bits per heavy atom. The van der Waals surface area contributed by atoms with Gasteiger partial charge in [0.25, 0.3) is 0 Å². The van der Waals surface area contributed by atoms with Crippen molar-refractivity contribution in [3.63, 3.8) is 0 Å². The normalized spacial score (nSPS) is 24.0. The van der Waals surface area contributed by atoms with Crippen LogP contribution in [0.15, 0.2) is 0 Å². The molecule has 0 heterocycles. The van der Waals surface area contributed by atoms with Gasteiger partial charge in [0, 0.05) is 20.0 Å². The molecule has 0 aromatic carbocycles. The molecule has 0 aromatic rings. The minimum atomic E-state index is -1.02. The Morgan fingerprint density at radius 3 is 2.29 bits per heavy atom. The molecule has 0 radical (unpaired) electrons. The number of carboxylic acid groups (broad SMARTS) is 1. The van der Waals surface area contributed by atoms with Crippen molar-refractivity contribution in [3.05, 3.63) is 0 Å². The van der Waals surface area contributed by atoms with Gasteiger partial charge in [-0.2, -0.15) is 0 Å². The topological polar surface area (TPSA) is 77.8 Å². The molecule has 98 valence electrons. The maximum absolute atomic E-state index is 11.8. The first kappa shape index (κ1) is 14.0. The molecular weight excluding hydrogens is 222 g/mol. The van der Waals surface area contributed by atoms with Gasteiger partial charge >= 0.3 is 5.97 Å². The van der Waals surface area contributed by atoms with E-state index >= 15 is 0 Å². The quantitative estimate of drug-likeness (QED) is 0.745. The lowest BCUT2D eigenvalue weighted by molar-refractivity contribution is -0.151. The van der Waals surface area contributed by atoms with Crippen LogP contribution in [-0.2, 0) is 9.59 Å². The third kappa shape index (κ3) is 3.70. The van der Waals surface area contributed by atoms with Crippen LogP contribution in [0.5, 0.6) is 0 Å². The summed E-state index contributed by atoms with van der Waals surface area (Å²) in [5, 5.41) is 18.1. The molecule has 5 heteroatoms. The van der Waals surface area contributed by atoms with Crippen LogP contribution in [0, 0.1) is 11.3 Å². The summed E-state index contributed by atoms with van der Waals surface area (Å²) in [6, 6.07) is 0. The van der Waals surface area contributed by atoms with E-state index in [1.807, 2.05) is 0 Å². The van der Waals surface area contributed by atoms with E-state index in [1.165, 1.54) is 0 Å². The van der Waals surface area contributed by atoms with E-state index in [1.54, 1.807) is 25.8 Å². The lowest BCUT2D eigenvalue weighted by Crippen LogP contribution is -2.41. The highest BCUT2D eigenvalue weighted by molar-refractivity contribution is 5.84. The molecule has 5 nitrogen and oxygen atoms in total. The number of carboxylic acids is 1. The molecule has 0 atom stereocenters. The summed E-state index contributed by atoms with van der Waals surface area (Å²) in [5.41, 5.74) is -1.02. The molecule has 0 unspecified atom stereocenters. The highest BCUT2D eigenvalue weighted by Gasteiger charge is 2.33. The molecule has 0 saturated heterocycles. The molecule has 0 aliphatic heterocycles. The third-order valence-corrected chi connectivity index (χ3v) is 3.34. The number of carbonyl (C=O) groups is 2. The molecule has 0 aromatic heterocycles. The number of hydrogen-bond acceptors (Lipinski definition) is 3. The lowest BCUT2D eigenvalue weighted by atomic mass is 9.82. The van der Waals surface area contributed by atoms with Crippen LogP contribution < -0.4 is 0 Å². The summed E-state index contributed by atoms with van der Waals surface area (Å²) in [6.45, 7) is 3.70. The average molecular weight is 243 g/mol. The van der Waals surface area contributed by atoms with E-state index in [2.05, 4.69) is 0 Å². The number of hydrogen-bond donors (Lipinski definition) is 2. The zero-order valence-corrected chi connectivity index (χ0v) is 10.6. The van der Waals surface area contributed by atoms with Gasteiger partial charge in [-0.25, -0.2) is 0 Å². The number of amides is 1. The van der Waals surface area contributed by atoms with Crippen molar-refractivity contribution < 1.29 is 19.8 Å². The predicted molar refractivity (Wildman–Crippen MR) is 62.4 cm³/mol. The molecule has 1 aliphatic rings. The first-order valence-electron chi connectivity index (χ1n) is 5.88. The van der Waals surface area contributed by atoms with Crippen molar-refractivity contribution in [2.75, 3.05) is 13.6 Å². The summed E-state index contributed by atoms with van der Waals surface area (Å²) in [6.07, 6.45) is 1.26. The van der Waals surface area contributed by atoms with Crippen molar-refractivity contribution in [1.29, 1.82) is 0 Å². The second-order valence-electron chi connectivity index (χ2n) is 5.63. The Kier molecular flexibility index (Phi) is 4.14. The summed E-state index contributed by atoms with van der Waals surface area (Å²) in [4.78, 5) is 24.3. The lowest BCUT2D eigenvalue weighted by Gasteiger charge is -2.35. The third-order valence-electron chi connectivity index (χ3n) is 3.34. The van der Waals surface area contributed by atoms with Gasteiger partial charge < -0.3 is 15.1 Å². The summed E-state index contributed by atoms with van der Waals surface area (Å²) < 4.78 is 0. The van der Waals surface area contributed by atoms with Gasteiger partial charge in [-0.05, 0) is 32.6 Å². The molecule has 1 fully saturated rings. The van der Waals surface area contributed by atoms with Gasteiger partial charge in [0.15, 0.2) is 0 Å². The van der Waals surface area contributed by atoms with Crippen LogP contribution in [0.1, 0.15) is 33.1 Å². The van der Waals surface area contributed by atoms with Crippen LogP contribution in [0.25, 0.3) is 0 Å². The van der Waals surface area contributed by atoms with Crippen LogP contribution in [0.4, 0.5) is 0 Å². The smallest absolute Gasteiger partial charge is 0.309 e. The summed E-state index contributed by atoms with van der Waals surface area (Å²) >= 11 is 0. The predicted octanol–water partition coefficient (Wildman–Crippen LogP) is 0.717. The number of carbonyl (C=O) groups excluding carboxylic acids is 1. The zero-order valence-electron chi connectivity index (χ0n) is 10.6. The zero-order chi connectivity index (χ0) is 13.2. The number of nitrogens with zero attached hydrogens (tertiary/aromatic N) is 1. The fourth-order valence-electron chi connectivity index (χ4n) is 1.93. The molecule has 17 heavy (non-hydrogen) atoms. The van der Waals surface area contributed by atoms with E-state index in [-0.39, 0.29) is 18.4 Å². The highest BCUT2D eigenvalue weighted by atomic mass is 16.4. The summed E-state index contributed by atoms with van der Waals surface area (Å²) in [7, 11) is 1.69. The van der Waals surface area contributed by atoms with E-state index < -0.39 is 11.4 Å². The molecule has 1 rings (SSSR count). The minimum Gasteiger partial charge on any atom is -0.481 e. The van der Waals surface area contributed by atoms with Crippen LogP contribution >= 0.6 is 0 Å². The van der Waals surface area contributed by atoms with E-state index in [4.69, 9.17) is 10.2 Å². The van der Waals surface area contributed by atoms with Crippen LogP contribution in [-0.4, -0.2) is 46.7 Å². The maximum Gasteiger partial charge on any atom is 0.309 e. The van der Waals surface area contributed by atoms with Crippen molar-refractivity contribution >= 4 is 11.9 Å². The highest BCUT2D eigenvalue weighted by Crippen LogP contribution is 2.28. The fraction of sp³-hybridized carbons (Fsp3) is 0.833. The van der Waals surface area contributed by atoms with Gasteiger partial charge in [0.1, 0.15) is 0 Å². The standard InChI is InChI=1S/C12H21NO4/c1-12(2,11(16)17)6-10(15)13(3)7-8-4-9(14)5-8/h8-9,14H,4-7H2,1-3H3,(H,16,17). The van der Waals surface area contributed by atoms with Crippen molar-refractivity contribution in [1.82, 2.24) is 4.90 Å². The summed E-state index contributed by atoms with van der Waals surface area (Å²) in [5.74, 6) is -0.760. The first-order valence-corrected chi connectivity index (χ1v) is 5.88. The number of aliphatic carboxylic acids is 1. The number of aliphatic hydroxyl groups excluding tert-OH is 1. The number of rotatable bonds is 5. The molecular formula is C12H21NO4. The van der Waals surface area contributed by atoms with E-state index in [0.717, 1.165) is 12.8 Å². The van der Waals surface area contributed by atoms with Gasteiger partial charge in [-0.1, -0.05) is 0 Å². The van der Waals surface area contributed by atoms with Gasteiger partial charge in [-0.3, -0.25) is 9.59 Å². The van der Waals surface area contributed by atoms with Crippen LogP contribution in [0.3, 0.4) is 0 Å². The molecule has 1 saturated carbocycles. The Balaban J connectivity index is 2.39. The Hall–Kier alpha value is -1.10. The SMILES string of the molecule is CN(CC1CC(O)C1)C(=O)CC(C)(C)C(=O)O. The van der Waals surface area contributed by atoms with Crippen molar-refractivity contribution in [2.45, 2.75) is 39.2 Å². The average Bonchev–Trinajstić information content (AvgIpc) is 2.14. The minimum absolute atomic E-state index is 0.00804. The Bertz CT molecular complexity index is 308. The largest absolute Gasteiger partial charge is 0.481 e. The van der Waals surface area contributed by atoms with Gasteiger partial charge in [0.2, 0.25) is 5.91 Å².